The summed E-state index contributed by atoms with van der Waals surface area (Å²) in [5.41, 5.74) is 4.92. The van der Waals surface area contributed by atoms with Gasteiger partial charge in [0.05, 0.1) is 6.54 Å². The molecule has 1 heterocycles. The number of nitrogens with zero attached hydrogens (tertiary/aromatic N) is 3. The number of imidazole rings is 1. The smallest absolute Gasteiger partial charge is 0.318 e. The Hall–Kier alpha value is -2.30. The maximum absolute atomic E-state index is 12.8. The van der Waals surface area contributed by atoms with Gasteiger partial charge in [0.2, 0.25) is 0 Å². The maximum atomic E-state index is 12.8. The summed E-state index contributed by atoms with van der Waals surface area (Å²) in [6, 6.07) is 4.40. The first kappa shape index (κ1) is 22.0. The van der Waals surface area contributed by atoms with E-state index in [1.54, 1.807) is 0 Å². The van der Waals surface area contributed by atoms with Crippen LogP contribution in [0.1, 0.15) is 62.7 Å². The van der Waals surface area contributed by atoms with Crippen molar-refractivity contribution in [1.82, 2.24) is 19.8 Å². The van der Waals surface area contributed by atoms with Crippen LogP contribution in [0.4, 0.5) is 4.79 Å². The second-order valence-electron chi connectivity index (χ2n) is 9.30. The number of benzene rings is 1. The minimum Gasteiger partial charge on any atom is -0.333 e. The van der Waals surface area contributed by atoms with Crippen LogP contribution in [0.2, 0.25) is 0 Å². The van der Waals surface area contributed by atoms with Crippen molar-refractivity contribution in [3.63, 3.8) is 0 Å². The molecular formula is C23H36N4O. The van der Waals surface area contributed by atoms with Gasteiger partial charge in [0.25, 0.3) is 0 Å². The number of aromatic nitrogens is 2. The van der Waals surface area contributed by atoms with Crippen molar-refractivity contribution in [3.05, 3.63) is 52.6 Å². The average molecular weight is 385 g/mol. The molecule has 0 aliphatic heterocycles. The Morgan fingerprint density at radius 1 is 1.18 bits per heavy atom. The number of urea groups is 1. The van der Waals surface area contributed by atoms with Crippen molar-refractivity contribution in [2.75, 3.05) is 6.54 Å². The Balaban J connectivity index is 2.24. The number of aryl methyl sites for hydroxylation is 3. The Bertz CT molecular complexity index is 791. The molecule has 0 saturated heterocycles. The lowest BCUT2D eigenvalue weighted by Gasteiger charge is -2.29. The Kier molecular flexibility index (Phi) is 6.91. The fourth-order valence-corrected chi connectivity index (χ4v) is 3.50. The lowest BCUT2D eigenvalue weighted by Crippen LogP contribution is -2.49. The molecule has 0 aliphatic rings. The first-order valence-electron chi connectivity index (χ1n) is 10.1. The summed E-state index contributed by atoms with van der Waals surface area (Å²) in [5, 5.41) is 3.08. The SMILES string of the molecule is Cc1cc(C)c(Cn2ccnc2CN(CC(C)C)C(=O)NC(C)(C)C)c(C)c1. The van der Waals surface area contributed by atoms with E-state index >= 15 is 0 Å². The van der Waals surface area contributed by atoms with E-state index in [1.807, 2.05) is 38.1 Å². The van der Waals surface area contributed by atoms with E-state index in [0.29, 0.717) is 19.0 Å². The second-order valence-corrected chi connectivity index (χ2v) is 9.30. The van der Waals surface area contributed by atoms with Crippen LogP contribution >= 0.6 is 0 Å². The van der Waals surface area contributed by atoms with Gasteiger partial charge in [-0.25, -0.2) is 9.78 Å². The summed E-state index contributed by atoms with van der Waals surface area (Å²) in [7, 11) is 0. The highest BCUT2D eigenvalue weighted by Gasteiger charge is 2.22. The van der Waals surface area contributed by atoms with Gasteiger partial charge in [-0.1, -0.05) is 31.5 Å². The van der Waals surface area contributed by atoms with Gasteiger partial charge in [0.1, 0.15) is 5.82 Å². The highest BCUT2D eigenvalue weighted by atomic mass is 16.2. The summed E-state index contributed by atoms with van der Waals surface area (Å²) in [5.74, 6) is 1.29. The summed E-state index contributed by atoms with van der Waals surface area (Å²) in [4.78, 5) is 19.2. The Labute approximate surface area is 170 Å². The molecule has 0 saturated carbocycles. The highest BCUT2D eigenvalue weighted by Crippen LogP contribution is 2.19. The van der Waals surface area contributed by atoms with E-state index in [0.717, 1.165) is 12.4 Å². The van der Waals surface area contributed by atoms with Crippen molar-refractivity contribution in [2.45, 2.75) is 74.0 Å². The van der Waals surface area contributed by atoms with Gasteiger partial charge < -0.3 is 14.8 Å². The largest absolute Gasteiger partial charge is 0.333 e. The number of rotatable bonds is 6. The predicted octanol–water partition coefficient (Wildman–Crippen LogP) is 4.82. The van der Waals surface area contributed by atoms with Crippen LogP contribution in [0.25, 0.3) is 0 Å². The fourth-order valence-electron chi connectivity index (χ4n) is 3.50. The van der Waals surface area contributed by atoms with Crippen molar-refractivity contribution < 1.29 is 4.79 Å². The molecule has 2 rings (SSSR count). The molecule has 28 heavy (non-hydrogen) atoms. The molecule has 0 spiro atoms. The predicted molar refractivity (Wildman–Crippen MR) is 116 cm³/mol. The summed E-state index contributed by atoms with van der Waals surface area (Å²) in [6.45, 7) is 18.7. The van der Waals surface area contributed by atoms with Gasteiger partial charge in [-0.2, -0.15) is 0 Å². The fraction of sp³-hybridized carbons (Fsp3) is 0.565. The van der Waals surface area contributed by atoms with Crippen molar-refractivity contribution in [3.8, 4) is 0 Å². The lowest BCUT2D eigenvalue weighted by molar-refractivity contribution is 0.177. The number of carbonyl (C=O) groups is 1. The molecule has 154 valence electrons. The minimum absolute atomic E-state index is 0.0431. The number of nitrogens with one attached hydrogen (secondary N) is 1. The molecule has 1 aromatic heterocycles. The average Bonchev–Trinajstić information content (AvgIpc) is 2.95. The molecule has 5 heteroatoms. The molecule has 0 aliphatic carbocycles. The molecule has 1 N–H and O–H groups in total. The van der Waals surface area contributed by atoms with Crippen LogP contribution in [0.15, 0.2) is 24.5 Å². The number of amides is 2. The van der Waals surface area contributed by atoms with Gasteiger partial charge in [0.15, 0.2) is 0 Å². The normalized spacial score (nSPS) is 11.8. The first-order valence-corrected chi connectivity index (χ1v) is 10.1. The van der Waals surface area contributed by atoms with Crippen molar-refractivity contribution in [1.29, 1.82) is 0 Å². The summed E-state index contributed by atoms with van der Waals surface area (Å²) >= 11 is 0. The Morgan fingerprint density at radius 3 is 2.32 bits per heavy atom. The quantitative estimate of drug-likeness (QED) is 0.776. The third-order valence-electron chi connectivity index (χ3n) is 4.66. The van der Waals surface area contributed by atoms with E-state index in [2.05, 4.69) is 61.6 Å². The monoisotopic (exact) mass is 384 g/mol. The van der Waals surface area contributed by atoms with E-state index in [-0.39, 0.29) is 11.6 Å². The van der Waals surface area contributed by atoms with Crippen molar-refractivity contribution >= 4 is 6.03 Å². The van der Waals surface area contributed by atoms with Crippen LogP contribution in [0, 0.1) is 26.7 Å². The van der Waals surface area contributed by atoms with Crippen LogP contribution in [0.3, 0.4) is 0 Å². The van der Waals surface area contributed by atoms with E-state index in [4.69, 9.17) is 0 Å². The number of hydrogen-bond acceptors (Lipinski definition) is 2. The minimum atomic E-state index is -0.266. The molecule has 1 aromatic carbocycles. The molecule has 0 unspecified atom stereocenters. The molecule has 0 bridgehead atoms. The van der Waals surface area contributed by atoms with Crippen molar-refractivity contribution in [2.24, 2.45) is 5.92 Å². The molecule has 2 aromatic rings. The number of hydrogen-bond donors (Lipinski definition) is 1. The second kappa shape index (κ2) is 8.80. The third-order valence-corrected chi connectivity index (χ3v) is 4.66. The lowest BCUT2D eigenvalue weighted by atomic mass is 10.00. The summed E-state index contributed by atoms with van der Waals surface area (Å²) < 4.78 is 2.16. The van der Waals surface area contributed by atoms with Crippen LogP contribution in [0.5, 0.6) is 0 Å². The highest BCUT2D eigenvalue weighted by molar-refractivity contribution is 5.74. The van der Waals surface area contributed by atoms with Gasteiger partial charge in [-0.05, 0) is 64.2 Å². The number of carbonyl (C=O) groups excluding carboxylic acids is 1. The van der Waals surface area contributed by atoms with Gasteiger partial charge >= 0.3 is 6.03 Å². The summed E-state index contributed by atoms with van der Waals surface area (Å²) in [6.07, 6.45) is 3.83. The third kappa shape index (κ3) is 6.11. The van der Waals surface area contributed by atoms with Crippen LogP contribution in [-0.2, 0) is 13.1 Å². The van der Waals surface area contributed by atoms with E-state index in [1.165, 1.54) is 22.3 Å². The topological polar surface area (TPSA) is 50.2 Å². The van der Waals surface area contributed by atoms with Gasteiger partial charge in [-0.3, -0.25) is 0 Å². The Morgan fingerprint density at radius 2 is 1.79 bits per heavy atom. The molecule has 2 amide bonds. The van der Waals surface area contributed by atoms with Gasteiger partial charge in [0, 0.05) is 31.0 Å². The molecule has 5 nitrogen and oxygen atoms in total. The van der Waals surface area contributed by atoms with E-state index in [9.17, 15) is 4.79 Å². The van der Waals surface area contributed by atoms with E-state index < -0.39 is 0 Å². The molecule has 0 atom stereocenters. The zero-order valence-electron chi connectivity index (χ0n) is 18.8. The zero-order chi connectivity index (χ0) is 21.1. The van der Waals surface area contributed by atoms with Gasteiger partial charge in [-0.15, -0.1) is 0 Å². The molecule has 0 radical (unpaired) electrons. The molecule has 0 fully saturated rings. The van der Waals surface area contributed by atoms with Crippen LogP contribution in [-0.4, -0.2) is 32.6 Å². The maximum Gasteiger partial charge on any atom is 0.318 e. The molecular weight excluding hydrogens is 348 g/mol. The standard InChI is InChI=1S/C23H36N4O/c1-16(2)13-27(22(28)25-23(6,7)8)15-21-24-9-10-26(21)14-20-18(4)11-17(3)12-19(20)5/h9-12,16H,13-15H2,1-8H3,(H,25,28). The zero-order valence-corrected chi connectivity index (χ0v) is 18.8. The first-order chi connectivity index (χ1) is 13.0. The van der Waals surface area contributed by atoms with Crippen LogP contribution < -0.4 is 5.32 Å².